The molecule has 0 fully saturated rings. The molecule has 2 aliphatic heterocycles. The van der Waals surface area contributed by atoms with Crippen LogP contribution in [0.2, 0.25) is 18.1 Å². The fraction of sp³-hybridized carbons (Fsp3) is 0.642. The predicted octanol–water partition coefficient (Wildman–Crippen LogP) is 8.88. The van der Waals surface area contributed by atoms with Crippen molar-refractivity contribution in [2.24, 2.45) is 11.0 Å². The van der Waals surface area contributed by atoms with Gasteiger partial charge in [-0.3, -0.25) is 19.2 Å². The number of rotatable bonds is 49. The molecule has 4 aromatic rings. The number of ketones is 2. The molecule has 0 aliphatic carbocycles. The number of anilines is 1. The van der Waals surface area contributed by atoms with Crippen molar-refractivity contribution < 1.29 is 86.6 Å². The molecule has 1 aromatic carbocycles. The van der Waals surface area contributed by atoms with Crippen molar-refractivity contribution in [1.82, 2.24) is 19.9 Å². The van der Waals surface area contributed by atoms with Gasteiger partial charge in [0.25, 0.3) is 13.9 Å². The van der Waals surface area contributed by atoms with Crippen molar-refractivity contribution >= 4 is 54.6 Å². The van der Waals surface area contributed by atoms with Gasteiger partial charge in [-0.2, -0.15) is 0 Å². The minimum absolute atomic E-state index is 0.0310. The molecule has 0 saturated heterocycles. The molecule has 0 bridgehead atoms. The van der Waals surface area contributed by atoms with Crippen LogP contribution in [0.15, 0.2) is 52.5 Å². The molecule has 2 N–H and O–H groups in total. The first-order chi connectivity index (χ1) is 46.4. The lowest BCUT2D eigenvalue weighted by molar-refractivity contribution is -0.175. The van der Waals surface area contributed by atoms with Crippen molar-refractivity contribution in [2.75, 3.05) is 144 Å². The van der Waals surface area contributed by atoms with Crippen molar-refractivity contribution in [3.63, 3.8) is 0 Å². The Balaban J connectivity index is 0.869. The number of hydrogen-bond acceptors (Lipinski definition) is 23. The highest BCUT2D eigenvalue weighted by Gasteiger charge is 2.51. The number of cyclic esters (lactones) is 1. The van der Waals surface area contributed by atoms with E-state index in [1.54, 1.807) is 48.0 Å². The van der Waals surface area contributed by atoms with E-state index < -0.39 is 37.5 Å². The third-order valence-corrected chi connectivity index (χ3v) is 20.8. The van der Waals surface area contributed by atoms with Crippen LogP contribution < -0.4 is 20.6 Å². The van der Waals surface area contributed by atoms with Crippen molar-refractivity contribution in [2.45, 2.75) is 136 Å². The molecule has 0 spiro atoms. The summed E-state index contributed by atoms with van der Waals surface area (Å²) in [6.07, 6.45) is 3.40. The number of ether oxygens (including phenoxy) is 12. The van der Waals surface area contributed by atoms with Gasteiger partial charge < -0.3 is 76.5 Å². The Morgan fingerprint density at radius 2 is 1.41 bits per heavy atom. The maximum Gasteiger partial charge on any atom is 0.510 e. The third-order valence-electron chi connectivity index (χ3n) is 16.4. The molecule has 95 heavy (non-hydrogen) atoms. The number of carbonyl (C=O) groups is 5. The second kappa shape index (κ2) is 40.7. The number of hydrogen-bond donors (Lipinski definition) is 2. The Hall–Kier alpha value is -6.79. The topological polar surface area (TPSA) is 326 Å². The maximum absolute atomic E-state index is 14.4. The number of pyridine rings is 3. The van der Waals surface area contributed by atoms with E-state index in [4.69, 9.17) is 78.1 Å². The number of carbonyl (C=O) groups excluding carboxylic acids is 5. The number of nitrogens with zero attached hydrogens (tertiary/aromatic N) is 6. The van der Waals surface area contributed by atoms with E-state index in [0.29, 0.717) is 185 Å². The zero-order chi connectivity index (χ0) is 69.2. The summed E-state index contributed by atoms with van der Waals surface area (Å²) in [5.41, 5.74) is 10.5. The summed E-state index contributed by atoms with van der Waals surface area (Å²) < 4.78 is 81.8. The Bertz CT molecular complexity index is 3240. The number of aromatic nitrogens is 3. The van der Waals surface area contributed by atoms with Crippen LogP contribution in [0.3, 0.4) is 0 Å². The van der Waals surface area contributed by atoms with E-state index in [0.717, 1.165) is 22.9 Å². The number of aryl methyl sites for hydroxylation is 1. The van der Waals surface area contributed by atoms with Crippen LogP contribution >= 0.6 is 0 Å². The summed E-state index contributed by atoms with van der Waals surface area (Å²) in [5.74, 6) is -1.77. The monoisotopic (exact) mass is 1350 g/mol. The van der Waals surface area contributed by atoms with Gasteiger partial charge in [0.15, 0.2) is 17.2 Å². The Morgan fingerprint density at radius 1 is 0.800 bits per heavy atom. The van der Waals surface area contributed by atoms with Gasteiger partial charge in [0.1, 0.15) is 32.2 Å². The van der Waals surface area contributed by atoms with E-state index in [9.17, 15) is 28.8 Å². The number of nitrogens with one attached hydrogen (secondary N) is 2. The van der Waals surface area contributed by atoms with Crippen LogP contribution in [0.5, 0.6) is 5.75 Å². The molecule has 2 atom stereocenters. The molecule has 524 valence electrons. The van der Waals surface area contributed by atoms with Crippen molar-refractivity contribution in [3.8, 4) is 17.1 Å². The van der Waals surface area contributed by atoms with Crippen LogP contribution in [-0.4, -0.2) is 191 Å². The van der Waals surface area contributed by atoms with Crippen LogP contribution in [0.25, 0.3) is 32.9 Å². The van der Waals surface area contributed by atoms with Crippen molar-refractivity contribution in [3.05, 3.63) is 91.2 Å². The largest absolute Gasteiger partial charge is 0.542 e. The van der Waals surface area contributed by atoms with Crippen LogP contribution in [0, 0.1) is 5.92 Å². The second-order valence-electron chi connectivity index (χ2n) is 24.2. The van der Waals surface area contributed by atoms with E-state index >= 15 is 0 Å². The SMILES string of the molecule is [3H]CCNCCCCC(CC(=O)COCC(=O)CCCOCCOCCOCCOCCOCCOCCOCCOCCN=[N+]=[N-])C(=O)Nc1ccc(COC(=O)OC2(CC)C(=O)OCc3c2cc2n(c3=O)Cc3c-2nc2ncc(O[Si](C)(C)C(C)(C)C)cc2c3CC)cc1. The number of esters is 1. The number of unbranched alkanes of at least 4 members (excludes halogenated alkanes) is 1. The zero-order valence-corrected chi connectivity index (χ0v) is 57.4. The number of fused-ring (bicyclic) bond motifs is 5. The smallest absolute Gasteiger partial charge is 0.510 e. The number of amides is 1. The number of benzene rings is 1. The molecule has 6 rings (SSSR count). The highest BCUT2D eigenvalue weighted by molar-refractivity contribution is 6.74. The molecule has 0 saturated carbocycles. The minimum atomic E-state index is -2.19. The molecule has 3 aromatic heterocycles. The predicted molar refractivity (Wildman–Crippen MR) is 355 cm³/mol. The summed E-state index contributed by atoms with van der Waals surface area (Å²) in [5, 5.41) is 10.3. The summed E-state index contributed by atoms with van der Waals surface area (Å²) >= 11 is 0. The molecular weight excluding hydrogens is 1250 g/mol. The molecule has 2 unspecified atom stereocenters. The summed E-state index contributed by atoms with van der Waals surface area (Å²) in [6.45, 7) is 22.0. The normalized spacial score (nSPS) is 14.7. The van der Waals surface area contributed by atoms with Gasteiger partial charge in [0, 0.05) is 60.4 Å². The fourth-order valence-corrected chi connectivity index (χ4v) is 11.3. The van der Waals surface area contributed by atoms with Gasteiger partial charge in [-0.25, -0.2) is 19.6 Å². The highest BCUT2D eigenvalue weighted by atomic mass is 28.4. The highest BCUT2D eigenvalue weighted by Crippen LogP contribution is 2.43. The van der Waals surface area contributed by atoms with E-state index in [2.05, 4.69) is 54.5 Å². The number of Topliss-reactive ketones (excluding diaryl/α,β-unsaturated/α-hetero) is 2. The molecule has 27 nitrogen and oxygen atoms in total. The summed E-state index contributed by atoms with van der Waals surface area (Å²) in [6, 6.07) is 10.2. The van der Waals surface area contributed by atoms with Crippen LogP contribution in [0.1, 0.15) is 116 Å². The standard InChI is InChI=1S/C67H98N8O19Si/c1-9-54-55-40-53(94-95(7,8)66(4,5)6)42-70-61(55)73-60-56(54)43-75-59(60)41-58-57(63(75)79)47-91-64(80)67(58,10-2)93-65(81)92-44-48-17-19-50(20-18-48)72-62(78)49(15-12-13-21-69-11-3)39-52(77)46-90-45-51(76)16-14-23-82-25-27-84-29-31-86-33-35-88-37-38-89-36-34-87-32-30-85-28-26-83-24-22-71-74-68/h17-20,40-42,49,69H,9-16,21-39,43-47H2,1-8H3,(H,72,78)/i3T. The van der Waals surface area contributed by atoms with E-state index in [-0.39, 0.29) is 92.8 Å². The van der Waals surface area contributed by atoms with E-state index in [1.165, 1.54) is 0 Å². The van der Waals surface area contributed by atoms with Crippen LogP contribution in [-0.2, 0) is 108 Å². The van der Waals surface area contributed by atoms with Gasteiger partial charge in [-0.15, -0.1) is 0 Å². The lowest BCUT2D eigenvalue weighted by Crippen LogP contribution is -2.47. The van der Waals surface area contributed by atoms with Gasteiger partial charge in [-0.05, 0) is 104 Å². The first-order valence-electron chi connectivity index (χ1n) is 33.5. The average Bonchev–Trinajstić information content (AvgIpc) is 1.53. The first kappa shape index (κ1) is 75.6. The summed E-state index contributed by atoms with van der Waals surface area (Å²) in [7, 11) is -2.19. The quantitative estimate of drug-likeness (QED) is 0.00916. The lowest BCUT2D eigenvalue weighted by atomic mass is 9.85. The maximum atomic E-state index is 14.4. The van der Waals surface area contributed by atoms with Gasteiger partial charge in [0.05, 0.1) is 129 Å². The average molecular weight is 1350 g/mol. The van der Waals surface area contributed by atoms with Gasteiger partial charge in [0.2, 0.25) is 11.5 Å². The molecule has 0 radical (unpaired) electrons. The summed E-state index contributed by atoms with van der Waals surface area (Å²) in [4.78, 5) is 93.7. The Morgan fingerprint density at radius 3 is 2.00 bits per heavy atom. The van der Waals surface area contributed by atoms with Crippen molar-refractivity contribution in [1.29, 1.82) is 0 Å². The zero-order valence-electron chi connectivity index (χ0n) is 57.4. The molecule has 5 heterocycles. The minimum Gasteiger partial charge on any atom is -0.542 e. The second-order valence-corrected chi connectivity index (χ2v) is 29.0. The number of azide groups is 1. The van der Waals surface area contributed by atoms with Crippen LogP contribution in [0.4, 0.5) is 10.5 Å². The molecule has 1 amide bonds. The van der Waals surface area contributed by atoms with E-state index in [1.807, 2.05) is 13.0 Å². The Kier molecular flexibility index (Phi) is 32.4. The Labute approximate surface area is 558 Å². The van der Waals surface area contributed by atoms with Gasteiger partial charge in [-0.1, -0.05) is 65.2 Å². The first-order valence-corrected chi connectivity index (χ1v) is 35.7. The molecule has 2 aliphatic rings. The lowest BCUT2D eigenvalue weighted by Gasteiger charge is -2.36. The third kappa shape index (κ3) is 24.4. The fourth-order valence-electron chi connectivity index (χ4n) is 10.3. The van der Waals surface area contributed by atoms with Gasteiger partial charge >= 0.3 is 12.1 Å². The molecular formula is C67H98N8O19Si. The molecule has 28 heteroatoms.